The fraction of sp³-hybridized carbons (Fsp3) is 0.458. The largest absolute Gasteiger partial charge is 0.504 e. The molecule has 0 spiro atoms. The van der Waals surface area contributed by atoms with Crippen LogP contribution >= 0.6 is 12.4 Å². The Morgan fingerprint density at radius 3 is 2.28 bits per heavy atom. The molecule has 3 rings (SSSR count). The molecule has 1 unspecified atom stereocenters. The first-order valence-corrected chi connectivity index (χ1v) is 10.6. The minimum Gasteiger partial charge on any atom is -0.504 e. The summed E-state index contributed by atoms with van der Waals surface area (Å²) in [5.74, 6) is -0.326. The van der Waals surface area contributed by atoms with Crippen LogP contribution in [-0.2, 0) is 4.79 Å². The number of likely N-dealkylation sites (tertiary alicyclic amines) is 1. The minimum absolute atomic E-state index is 0. The van der Waals surface area contributed by atoms with Crippen LogP contribution in [0.4, 0.5) is 5.69 Å². The molecule has 0 saturated carbocycles. The molecule has 1 amide bonds. The Morgan fingerprint density at radius 2 is 1.75 bits per heavy atom. The zero-order valence-electron chi connectivity index (χ0n) is 19.2. The molecule has 0 bridgehead atoms. The number of piperidine rings is 1. The van der Waals surface area contributed by atoms with E-state index in [1.807, 2.05) is 39.1 Å². The number of aliphatic hydroxyl groups excluding tert-OH is 1. The van der Waals surface area contributed by atoms with Crippen LogP contribution < -0.4 is 11.1 Å². The number of hydrogen-bond acceptors (Lipinski definition) is 6. The highest BCUT2D eigenvalue weighted by molar-refractivity contribution is 5.96. The molecule has 32 heavy (non-hydrogen) atoms. The molecule has 1 aliphatic heterocycles. The number of anilines is 1. The van der Waals surface area contributed by atoms with E-state index in [0.29, 0.717) is 5.56 Å². The molecule has 1 fully saturated rings. The highest BCUT2D eigenvalue weighted by Crippen LogP contribution is 2.28. The number of benzene rings is 2. The summed E-state index contributed by atoms with van der Waals surface area (Å²) >= 11 is 0. The zero-order valence-corrected chi connectivity index (χ0v) is 20.0. The van der Waals surface area contributed by atoms with Crippen LogP contribution in [0.2, 0.25) is 0 Å². The lowest BCUT2D eigenvalue weighted by Gasteiger charge is -2.31. The lowest BCUT2D eigenvalue weighted by Crippen LogP contribution is -2.44. The quantitative estimate of drug-likeness (QED) is 0.440. The van der Waals surface area contributed by atoms with Gasteiger partial charge >= 0.3 is 0 Å². The van der Waals surface area contributed by atoms with Gasteiger partial charge < -0.3 is 26.4 Å². The van der Waals surface area contributed by atoms with Gasteiger partial charge in [0.05, 0.1) is 12.1 Å². The van der Waals surface area contributed by atoms with Crippen molar-refractivity contribution in [1.29, 1.82) is 0 Å². The normalized spacial score (nSPS) is 17.9. The van der Waals surface area contributed by atoms with Gasteiger partial charge in [0.2, 0.25) is 5.91 Å². The van der Waals surface area contributed by atoms with Crippen LogP contribution in [-0.4, -0.2) is 51.8 Å². The Bertz CT molecular complexity index is 871. The van der Waals surface area contributed by atoms with Crippen LogP contribution in [0.1, 0.15) is 49.0 Å². The predicted molar refractivity (Wildman–Crippen MR) is 130 cm³/mol. The van der Waals surface area contributed by atoms with Gasteiger partial charge in [0, 0.05) is 11.7 Å². The molecule has 0 radical (unpaired) electrons. The summed E-state index contributed by atoms with van der Waals surface area (Å²) in [6, 6.07) is 9.83. The van der Waals surface area contributed by atoms with E-state index in [1.165, 1.54) is 24.6 Å². The second kappa shape index (κ2) is 12.6. The van der Waals surface area contributed by atoms with E-state index in [1.54, 1.807) is 6.92 Å². The van der Waals surface area contributed by atoms with Crippen molar-refractivity contribution in [2.45, 2.75) is 58.2 Å². The number of hydrogen-bond donors (Lipinski definition) is 5. The van der Waals surface area contributed by atoms with Gasteiger partial charge in [-0.1, -0.05) is 30.7 Å². The van der Waals surface area contributed by atoms with Crippen molar-refractivity contribution in [1.82, 2.24) is 4.90 Å². The van der Waals surface area contributed by atoms with Crippen molar-refractivity contribution >= 4 is 24.0 Å². The average Bonchev–Trinajstić information content (AvgIpc) is 2.73. The maximum Gasteiger partial charge on any atom is 0.241 e. The van der Waals surface area contributed by atoms with Gasteiger partial charge in [-0.3, -0.25) is 9.69 Å². The van der Waals surface area contributed by atoms with Crippen LogP contribution in [0.15, 0.2) is 36.4 Å². The molecule has 178 valence electrons. The van der Waals surface area contributed by atoms with Gasteiger partial charge in [-0.2, -0.15) is 0 Å². The molecule has 8 heteroatoms. The number of likely N-dealkylation sites (N-methyl/N-ethyl adjacent to an activating group) is 1. The molecule has 6 N–H and O–H groups in total. The first kappa shape index (κ1) is 27.7. The Kier molecular flexibility index (Phi) is 11.0. The summed E-state index contributed by atoms with van der Waals surface area (Å²) in [6.07, 6.45) is 2.48. The van der Waals surface area contributed by atoms with Gasteiger partial charge in [0.25, 0.3) is 0 Å². The molecule has 1 saturated heterocycles. The highest BCUT2D eigenvalue weighted by atomic mass is 35.5. The molecule has 2 aromatic rings. The van der Waals surface area contributed by atoms with Crippen molar-refractivity contribution in [3.63, 3.8) is 0 Å². The van der Waals surface area contributed by atoms with Crippen molar-refractivity contribution in [3.8, 4) is 11.5 Å². The third-order valence-corrected chi connectivity index (χ3v) is 5.64. The van der Waals surface area contributed by atoms with Crippen LogP contribution in [0.5, 0.6) is 11.5 Å². The van der Waals surface area contributed by atoms with E-state index in [4.69, 9.17) is 15.9 Å². The van der Waals surface area contributed by atoms with Crippen LogP contribution in [0.25, 0.3) is 0 Å². The highest BCUT2D eigenvalue weighted by Gasteiger charge is 2.26. The molecule has 3 atom stereocenters. The van der Waals surface area contributed by atoms with E-state index < -0.39 is 12.1 Å². The second-order valence-corrected chi connectivity index (χ2v) is 8.30. The first-order valence-electron chi connectivity index (χ1n) is 10.6. The van der Waals surface area contributed by atoms with Crippen LogP contribution in [0, 0.1) is 13.8 Å². The van der Waals surface area contributed by atoms with Gasteiger partial charge in [-0.15, -0.1) is 12.4 Å². The lowest BCUT2D eigenvalue weighted by atomic mass is 10.0. The number of halogens is 1. The minimum atomic E-state index is -0.827. The van der Waals surface area contributed by atoms with Crippen molar-refractivity contribution in [2.24, 2.45) is 5.73 Å². The smallest absolute Gasteiger partial charge is 0.241 e. The number of aryl methyl sites for hydroxylation is 2. The number of carbonyl (C=O) groups is 1. The van der Waals surface area contributed by atoms with E-state index in [9.17, 15) is 9.90 Å². The van der Waals surface area contributed by atoms with Crippen molar-refractivity contribution in [2.75, 3.05) is 18.9 Å². The topological polar surface area (TPSA) is 119 Å². The number of aliphatic hydroxyl groups is 1. The van der Waals surface area contributed by atoms with Gasteiger partial charge in [-0.05, 0) is 76.0 Å². The van der Waals surface area contributed by atoms with E-state index in [0.717, 1.165) is 36.2 Å². The fourth-order valence-corrected chi connectivity index (χ4v) is 3.65. The second-order valence-electron chi connectivity index (χ2n) is 8.30. The molecule has 0 aromatic heterocycles. The molecule has 1 aliphatic rings. The number of para-hydroxylation sites is 1. The maximum atomic E-state index is 12.3. The fourth-order valence-electron chi connectivity index (χ4n) is 3.65. The number of phenolic OH excluding ortho intramolecular Hbond substituents is 2. The molecule has 1 heterocycles. The Labute approximate surface area is 196 Å². The number of nitrogens with zero attached hydrogens (tertiary/aromatic N) is 1. The van der Waals surface area contributed by atoms with Crippen molar-refractivity contribution in [3.05, 3.63) is 53.1 Å². The number of nitrogens with one attached hydrogen (secondary N) is 1. The van der Waals surface area contributed by atoms with E-state index in [-0.39, 0.29) is 35.9 Å². The Hall–Kier alpha value is -2.32. The summed E-state index contributed by atoms with van der Waals surface area (Å²) in [5, 5.41) is 30.7. The van der Waals surface area contributed by atoms with Crippen LogP contribution in [0.3, 0.4) is 0 Å². The maximum absolute atomic E-state index is 12.3. The molecule has 0 aliphatic carbocycles. The molecule has 2 aromatic carbocycles. The average molecular weight is 466 g/mol. The Morgan fingerprint density at radius 1 is 1.12 bits per heavy atom. The number of amides is 1. The standard InChI is InChI=1S/C15H22N2O.C9H13NO3.ClH/c1-11-7-6-8-12(2)14(11)16-15(18)13-9-4-5-10-17(13)3;1-5(10)9(13)6-2-3-7(11)8(12)4-6;/h6-8,13H,4-5,9-10H2,1-3H3,(H,16,18);2-5,9,11-13H,10H2,1H3;1H/t;5-,9-;/m.0./s1. The number of rotatable bonds is 4. The number of carbonyl (C=O) groups excluding carboxylic acids is 1. The zero-order chi connectivity index (χ0) is 23.1. The molecule has 7 nitrogen and oxygen atoms in total. The Balaban J connectivity index is 0.000000327. The summed E-state index contributed by atoms with van der Waals surface area (Å²) in [5.41, 5.74) is 9.18. The third kappa shape index (κ3) is 7.38. The van der Waals surface area contributed by atoms with Gasteiger partial charge in [-0.25, -0.2) is 0 Å². The summed E-state index contributed by atoms with van der Waals surface area (Å²) in [4.78, 5) is 14.5. The number of aromatic hydroxyl groups is 2. The first-order chi connectivity index (χ1) is 14.6. The number of nitrogens with two attached hydrogens (primary N) is 1. The monoisotopic (exact) mass is 465 g/mol. The SMILES string of the molecule is C[C@H](N)[C@H](O)c1ccc(O)c(O)c1.Cc1cccc(C)c1NC(=O)C1CCCCN1C.Cl. The van der Waals surface area contributed by atoms with Gasteiger partial charge in [0.15, 0.2) is 11.5 Å². The third-order valence-electron chi connectivity index (χ3n) is 5.64. The molecular formula is C24H36ClN3O4. The van der Waals surface area contributed by atoms with Gasteiger partial charge in [0.1, 0.15) is 0 Å². The summed E-state index contributed by atoms with van der Waals surface area (Å²) in [7, 11) is 2.04. The van der Waals surface area contributed by atoms with Crippen molar-refractivity contribution < 1.29 is 20.1 Å². The van der Waals surface area contributed by atoms with E-state index >= 15 is 0 Å². The number of phenols is 2. The molecular weight excluding hydrogens is 430 g/mol. The summed E-state index contributed by atoms with van der Waals surface area (Å²) < 4.78 is 0. The predicted octanol–water partition coefficient (Wildman–Crippen LogP) is 3.63. The summed E-state index contributed by atoms with van der Waals surface area (Å²) in [6.45, 7) is 6.75. The van der Waals surface area contributed by atoms with E-state index in [2.05, 4.69) is 10.2 Å². The lowest BCUT2D eigenvalue weighted by molar-refractivity contribution is -0.121.